The van der Waals surface area contributed by atoms with Gasteiger partial charge in [0.2, 0.25) is 6.33 Å². The van der Waals surface area contributed by atoms with E-state index in [0.29, 0.717) is 25.6 Å². The zero-order valence-corrected chi connectivity index (χ0v) is 12.8. The molecule has 7 heteroatoms. The summed E-state index contributed by atoms with van der Waals surface area (Å²) in [6.07, 6.45) is 11.7. The minimum absolute atomic E-state index is 0.314. The molecule has 110 valence electrons. The molecule has 1 heterocycles. The van der Waals surface area contributed by atoms with Crippen LogP contribution in [0.1, 0.15) is 19.8 Å². The molecular weight excluding hydrogens is 274 g/mol. The predicted molar refractivity (Wildman–Crippen MR) is 75.5 cm³/mol. The van der Waals surface area contributed by atoms with Crippen LogP contribution in [0.15, 0.2) is 36.5 Å². The van der Waals surface area contributed by atoms with Crippen LogP contribution in [0.25, 0.3) is 0 Å². The fourth-order valence-electron chi connectivity index (χ4n) is 2.17. The third-order valence-electron chi connectivity index (χ3n) is 3.14. The minimum Gasteiger partial charge on any atom is -0.390 e. The van der Waals surface area contributed by atoms with Gasteiger partial charge >= 0.3 is 8.80 Å². The molecule has 1 aliphatic rings. The molecule has 1 aromatic rings. The molecule has 2 N–H and O–H groups in total. The molecule has 0 saturated carbocycles. The number of nitrogens with zero attached hydrogens (tertiary/aromatic N) is 3. The third kappa shape index (κ3) is 4.68. The second-order valence-electron chi connectivity index (χ2n) is 4.92. The number of rotatable bonds is 8. The van der Waals surface area contributed by atoms with Crippen molar-refractivity contribution >= 4 is 8.80 Å². The van der Waals surface area contributed by atoms with Crippen LogP contribution >= 0.6 is 0 Å². The van der Waals surface area contributed by atoms with E-state index in [0.717, 1.165) is 13.0 Å². The van der Waals surface area contributed by atoms with Crippen molar-refractivity contribution in [1.29, 1.82) is 0 Å². The number of aryl methyl sites for hydroxylation is 1. The molecule has 0 bridgehead atoms. The van der Waals surface area contributed by atoms with Crippen molar-refractivity contribution in [2.75, 3.05) is 6.61 Å². The normalized spacial score (nSPS) is 14.8. The molecule has 0 atom stereocenters. The number of aromatic nitrogens is 3. The molecule has 6 nitrogen and oxygen atoms in total. The lowest BCUT2D eigenvalue weighted by molar-refractivity contribution is -0.697. The molecule has 1 aromatic heterocycles. The summed E-state index contributed by atoms with van der Waals surface area (Å²) in [4.78, 5) is 19.2. The molecule has 0 amide bonds. The van der Waals surface area contributed by atoms with E-state index in [1.165, 1.54) is 5.57 Å². The Morgan fingerprint density at radius 3 is 3.05 bits per heavy atom. The van der Waals surface area contributed by atoms with Gasteiger partial charge < -0.3 is 14.0 Å². The monoisotopic (exact) mass is 296 g/mol. The standard InChI is InChI=1S/C13H22N3O3Si/c1-2-19-20(17,18)9-5-8-15-11-14-16(12-15)10-13-6-3-4-7-13/h3-4,6,11-12,17-18H,2,5,7-10H2,1H3/q+1. The topological polar surface area (TPSA) is 71.4 Å². The summed E-state index contributed by atoms with van der Waals surface area (Å²) in [6, 6.07) is 0.314. The van der Waals surface area contributed by atoms with Gasteiger partial charge in [0, 0.05) is 17.7 Å². The van der Waals surface area contributed by atoms with Crippen LogP contribution in [0.3, 0.4) is 0 Å². The van der Waals surface area contributed by atoms with Gasteiger partial charge in [0.05, 0.1) is 6.54 Å². The second kappa shape index (κ2) is 6.94. The fraction of sp³-hybridized carbons (Fsp3) is 0.538. The maximum Gasteiger partial charge on any atom is 0.495 e. The third-order valence-corrected chi connectivity index (χ3v) is 4.89. The van der Waals surface area contributed by atoms with Gasteiger partial charge in [-0.15, -0.1) is 4.68 Å². The average Bonchev–Trinajstić information content (AvgIpc) is 3.01. The molecule has 0 aliphatic heterocycles. The van der Waals surface area contributed by atoms with Crippen LogP contribution in [0, 0.1) is 0 Å². The summed E-state index contributed by atoms with van der Waals surface area (Å²) in [7, 11) is -3.44. The summed E-state index contributed by atoms with van der Waals surface area (Å²) in [5, 5.41) is 4.30. The number of hydrogen-bond donors (Lipinski definition) is 2. The SMILES string of the molecule is CCO[Si](O)(O)CCC[n+]1cnn(CC2=CC=CC2)c1. The molecule has 0 fully saturated rings. The molecule has 0 spiro atoms. The van der Waals surface area contributed by atoms with Gasteiger partial charge in [0.25, 0.3) is 6.33 Å². The lowest BCUT2D eigenvalue weighted by Crippen LogP contribution is -2.40. The molecule has 0 aromatic carbocycles. The van der Waals surface area contributed by atoms with Crippen molar-refractivity contribution in [1.82, 2.24) is 9.78 Å². The van der Waals surface area contributed by atoms with E-state index in [1.807, 2.05) is 15.6 Å². The second-order valence-corrected chi connectivity index (χ2v) is 7.19. The zero-order valence-electron chi connectivity index (χ0n) is 11.8. The van der Waals surface area contributed by atoms with Gasteiger partial charge in [-0.25, -0.2) is 4.57 Å². The van der Waals surface area contributed by atoms with E-state index in [2.05, 4.69) is 23.3 Å². The maximum absolute atomic E-state index is 9.62. The highest BCUT2D eigenvalue weighted by Crippen LogP contribution is 2.11. The van der Waals surface area contributed by atoms with E-state index in [1.54, 1.807) is 13.3 Å². The van der Waals surface area contributed by atoms with Crippen LogP contribution in [0.2, 0.25) is 6.04 Å². The highest BCUT2D eigenvalue weighted by atomic mass is 28.4. The van der Waals surface area contributed by atoms with Gasteiger partial charge in [-0.05, 0) is 25.3 Å². The van der Waals surface area contributed by atoms with E-state index in [9.17, 15) is 9.59 Å². The largest absolute Gasteiger partial charge is 0.495 e. The van der Waals surface area contributed by atoms with Crippen LogP contribution in [-0.4, -0.2) is 34.8 Å². The van der Waals surface area contributed by atoms with Gasteiger partial charge in [0.15, 0.2) is 0 Å². The van der Waals surface area contributed by atoms with Crippen LogP contribution < -0.4 is 4.57 Å². The van der Waals surface area contributed by atoms with Crippen molar-refractivity contribution in [2.24, 2.45) is 0 Å². The maximum atomic E-state index is 9.62. The van der Waals surface area contributed by atoms with Crippen LogP contribution in [0.4, 0.5) is 0 Å². The van der Waals surface area contributed by atoms with Crippen LogP contribution in [-0.2, 0) is 17.5 Å². The number of hydrogen-bond acceptors (Lipinski definition) is 4. The highest BCUT2D eigenvalue weighted by Gasteiger charge is 2.31. The van der Waals surface area contributed by atoms with Gasteiger partial charge in [-0.2, -0.15) is 0 Å². The Kier molecular flexibility index (Phi) is 5.24. The van der Waals surface area contributed by atoms with E-state index in [4.69, 9.17) is 4.43 Å². The minimum atomic E-state index is -3.44. The summed E-state index contributed by atoms with van der Waals surface area (Å²) in [5.41, 5.74) is 1.34. The predicted octanol–water partition coefficient (Wildman–Crippen LogP) is 0.407. The molecule has 20 heavy (non-hydrogen) atoms. The van der Waals surface area contributed by atoms with Gasteiger partial charge in [0.1, 0.15) is 6.54 Å². The average molecular weight is 296 g/mol. The zero-order chi connectivity index (χ0) is 14.4. The smallest absolute Gasteiger partial charge is 0.390 e. The fourth-order valence-corrected chi connectivity index (χ4v) is 3.40. The Labute approximate surface area is 120 Å². The Balaban J connectivity index is 1.75. The lowest BCUT2D eigenvalue weighted by Gasteiger charge is -2.15. The van der Waals surface area contributed by atoms with E-state index in [-0.39, 0.29) is 0 Å². The molecule has 0 unspecified atom stereocenters. The van der Waals surface area contributed by atoms with Crippen molar-refractivity contribution in [3.8, 4) is 0 Å². The van der Waals surface area contributed by atoms with Crippen molar-refractivity contribution in [3.63, 3.8) is 0 Å². The highest BCUT2D eigenvalue weighted by molar-refractivity contribution is 6.57. The van der Waals surface area contributed by atoms with Crippen molar-refractivity contribution in [3.05, 3.63) is 36.5 Å². The summed E-state index contributed by atoms with van der Waals surface area (Å²) >= 11 is 0. The quantitative estimate of drug-likeness (QED) is 0.538. The Bertz CT molecular complexity index is 497. The van der Waals surface area contributed by atoms with Gasteiger partial charge in [-0.1, -0.05) is 18.2 Å². The molecule has 0 radical (unpaired) electrons. The van der Waals surface area contributed by atoms with Crippen LogP contribution in [0.5, 0.6) is 0 Å². The first-order valence-electron chi connectivity index (χ1n) is 6.94. The molecule has 1 aliphatic carbocycles. The number of allylic oxidation sites excluding steroid dienone is 4. The first kappa shape index (κ1) is 15.1. The van der Waals surface area contributed by atoms with Crippen molar-refractivity contribution in [2.45, 2.75) is 38.9 Å². The lowest BCUT2D eigenvalue weighted by atomic mass is 10.2. The molecule has 0 saturated heterocycles. The van der Waals surface area contributed by atoms with Gasteiger partial charge in [-0.3, -0.25) is 0 Å². The Morgan fingerprint density at radius 1 is 1.50 bits per heavy atom. The molecule has 2 rings (SSSR count). The summed E-state index contributed by atoms with van der Waals surface area (Å²) in [5.74, 6) is 0. The summed E-state index contributed by atoms with van der Waals surface area (Å²) in [6.45, 7) is 3.62. The first-order valence-corrected chi connectivity index (χ1v) is 8.95. The Morgan fingerprint density at radius 2 is 2.35 bits per heavy atom. The van der Waals surface area contributed by atoms with Crippen molar-refractivity contribution < 1.29 is 18.6 Å². The van der Waals surface area contributed by atoms with E-state index < -0.39 is 8.80 Å². The summed E-state index contributed by atoms with van der Waals surface area (Å²) < 4.78 is 8.82. The van der Waals surface area contributed by atoms with E-state index >= 15 is 0 Å². The molecular formula is C13H22N3O3Si+. The first-order chi connectivity index (χ1) is 9.59. The Hall–Kier alpha value is -1.28.